The Morgan fingerprint density at radius 3 is 2.48 bits per heavy atom. The second-order valence-electron chi connectivity index (χ2n) is 19.6. The fourth-order valence-electron chi connectivity index (χ4n) is 9.87. The third-order valence-electron chi connectivity index (χ3n) is 13.9. The van der Waals surface area contributed by atoms with Crippen molar-refractivity contribution in [3.05, 3.63) is 58.2 Å². The van der Waals surface area contributed by atoms with Gasteiger partial charge in [-0.15, -0.1) is 11.3 Å². The number of pyridine rings is 1. The van der Waals surface area contributed by atoms with Crippen molar-refractivity contribution in [2.45, 2.75) is 144 Å². The van der Waals surface area contributed by atoms with Crippen molar-refractivity contribution in [1.29, 1.82) is 0 Å². The number of aldehydes is 1. The molecule has 2 aliphatic heterocycles. The first-order valence-electron chi connectivity index (χ1n) is 24.7. The molecule has 2 amide bonds. The van der Waals surface area contributed by atoms with Crippen LogP contribution in [0, 0.1) is 23.2 Å². The Bertz CT molecular complexity index is 2170. The van der Waals surface area contributed by atoms with E-state index in [2.05, 4.69) is 96.7 Å². The Morgan fingerprint density at radius 1 is 1.05 bits per heavy atom. The number of aryl methyl sites for hydroxylation is 1. The van der Waals surface area contributed by atoms with Gasteiger partial charge < -0.3 is 24.7 Å². The number of nitrogens with one attached hydrogen (secondary N) is 3. The summed E-state index contributed by atoms with van der Waals surface area (Å²) in [7, 11) is 1.74. The predicted molar refractivity (Wildman–Crippen MR) is 265 cm³/mol. The summed E-state index contributed by atoms with van der Waals surface area (Å²) in [5.74, 6) is 0.983. The van der Waals surface area contributed by atoms with Gasteiger partial charge in [0.15, 0.2) is 0 Å². The van der Waals surface area contributed by atoms with Gasteiger partial charge in [0, 0.05) is 79.2 Å². The average Bonchev–Trinajstić information content (AvgIpc) is 4.16. The molecule has 4 atom stereocenters. The summed E-state index contributed by atoms with van der Waals surface area (Å²) >= 11 is 1.57. The first kappa shape index (κ1) is 50.4. The van der Waals surface area contributed by atoms with E-state index >= 15 is 0 Å². The van der Waals surface area contributed by atoms with Crippen molar-refractivity contribution in [1.82, 2.24) is 40.5 Å². The molecule has 3 N–H and O–H groups in total. The van der Waals surface area contributed by atoms with E-state index in [4.69, 9.17) is 14.7 Å². The van der Waals surface area contributed by atoms with Crippen LogP contribution in [0.1, 0.15) is 129 Å². The van der Waals surface area contributed by atoms with Gasteiger partial charge in [-0.2, -0.15) is 0 Å². The molecule has 1 saturated carbocycles. The molecule has 7 rings (SSSR count). The highest BCUT2D eigenvalue weighted by atomic mass is 32.1. The van der Waals surface area contributed by atoms with Crippen molar-refractivity contribution in [2.75, 3.05) is 46.4 Å². The van der Waals surface area contributed by atoms with Crippen molar-refractivity contribution in [3.63, 3.8) is 0 Å². The van der Waals surface area contributed by atoms with E-state index < -0.39 is 6.04 Å². The fourth-order valence-corrected chi connectivity index (χ4v) is 10.7. The molecule has 356 valence electrons. The van der Waals surface area contributed by atoms with Crippen LogP contribution in [0.15, 0.2) is 41.9 Å². The first-order chi connectivity index (χ1) is 31.3. The van der Waals surface area contributed by atoms with Crippen LogP contribution < -0.4 is 16.1 Å². The molecule has 4 unspecified atom stereocenters. The summed E-state index contributed by atoms with van der Waals surface area (Å²) < 4.78 is 8.26. The molecule has 3 aromatic heterocycles. The number of likely N-dealkylation sites (tertiary alicyclic amines) is 1. The molecule has 0 spiro atoms. The molecule has 4 aromatic rings. The number of amides is 2. The monoisotopic (exact) mass is 911 g/mol. The molecule has 3 fully saturated rings. The maximum absolute atomic E-state index is 14.6. The van der Waals surface area contributed by atoms with Gasteiger partial charge in [-0.05, 0) is 119 Å². The summed E-state index contributed by atoms with van der Waals surface area (Å²) in [4.78, 5) is 50.9. The van der Waals surface area contributed by atoms with Gasteiger partial charge in [0.25, 0.3) is 5.91 Å². The van der Waals surface area contributed by atoms with E-state index in [0.717, 1.165) is 131 Å². The van der Waals surface area contributed by atoms with Crippen LogP contribution in [0.4, 0.5) is 0 Å². The van der Waals surface area contributed by atoms with Gasteiger partial charge in [0.1, 0.15) is 12.3 Å². The van der Waals surface area contributed by atoms with E-state index in [1.54, 1.807) is 23.5 Å². The van der Waals surface area contributed by atoms with Crippen LogP contribution >= 0.6 is 11.3 Å². The second kappa shape index (κ2) is 23.6. The van der Waals surface area contributed by atoms with Crippen LogP contribution in [0.2, 0.25) is 0 Å². The number of methoxy groups -OCH3 is 1. The molecular weight excluding hydrogens is 833 g/mol. The number of ether oxygens (including phenoxy) is 1. The lowest BCUT2D eigenvalue weighted by Crippen LogP contribution is -2.59. The van der Waals surface area contributed by atoms with Crippen molar-refractivity contribution < 1.29 is 19.1 Å². The van der Waals surface area contributed by atoms with Gasteiger partial charge >= 0.3 is 0 Å². The average molecular weight is 911 g/mol. The van der Waals surface area contributed by atoms with Gasteiger partial charge in [0.05, 0.1) is 34.2 Å². The molecular formula is C52H78N8O4S. The van der Waals surface area contributed by atoms with E-state index in [1.165, 1.54) is 22.2 Å². The number of nitrogens with zero attached hydrogens (tertiary/aromatic N) is 5. The van der Waals surface area contributed by atoms with E-state index in [9.17, 15) is 14.4 Å². The fraction of sp³-hybridized carbons (Fsp3) is 0.635. The number of rotatable bonds is 19. The zero-order chi connectivity index (χ0) is 46.7. The number of hydrazine groups is 1. The number of fused-ring (bicyclic) bond motifs is 1. The lowest BCUT2D eigenvalue weighted by molar-refractivity contribution is -0.141. The van der Waals surface area contributed by atoms with Gasteiger partial charge in [-0.3, -0.25) is 24.5 Å². The standard InChI is InChI=1S/C48H70N8O3S.C4H8O/c1-8-48(5,6)28-38-37-26-35(19-20-41(37)55(10-3)45(38)36-18-15-22-50-43(36)32(4)59-7)40-31-60-42(52-40)27-39(47(58)56-24-14-13-23-51-56)53-46(57)44(34-16-11-12-17-34)54-25-21-33(30-54)29-49-9-2;1-4(2)3-5/h15,18-20,22,26,31-34,39,44,49,51H,8-14,16-17,21,23-25,27-30H2,1-7H3,(H,53,57);3-4H,1-2H3. The highest BCUT2D eigenvalue weighted by molar-refractivity contribution is 7.10. The number of carbonyl (C=O) groups excluding carboxylic acids is 3. The summed E-state index contributed by atoms with van der Waals surface area (Å²) in [5, 5.41) is 12.8. The summed E-state index contributed by atoms with van der Waals surface area (Å²) in [6.07, 6.45) is 12.5. The number of thiazole rings is 1. The summed E-state index contributed by atoms with van der Waals surface area (Å²) in [6, 6.07) is 10.0. The molecule has 2 saturated heterocycles. The summed E-state index contributed by atoms with van der Waals surface area (Å²) in [5.41, 5.74) is 11.1. The Balaban J connectivity index is 0.00000133. The molecule has 12 nitrogen and oxygen atoms in total. The maximum atomic E-state index is 14.6. The van der Waals surface area contributed by atoms with Crippen LogP contribution in [0.3, 0.4) is 0 Å². The molecule has 13 heteroatoms. The van der Waals surface area contributed by atoms with E-state index in [-0.39, 0.29) is 35.3 Å². The molecule has 0 radical (unpaired) electrons. The Labute approximate surface area is 393 Å². The smallest absolute Gasteiger partial charge is 0.259 e. The second-order valence-corrected chi connectivity index (χ2v) is 20.6. The Morgan fingerprint density at radius 2 is 1.82 bits per heavy atom. The topological polar surface area (TPSA) is 134 Å². The van der Waals surface area contributed by atoms with Crippen LogP contribution in [0.5, 0.6) is 0 Å². The quantitative estimate of drug-likeness (QED) is 0.0789. The van der Waals surface area contributed by atoms with Gasteiger partial charge in [-0.1, -0.05) is 66.9 Å². The maximum Gasteiger partial charge on any atom is 0.259 e. The number of aromatic nitrogens is 3. The predicted octanol–water partition coefficient (Wildman–Crippen LogP) is 9.02. The third-order valence-corrected chi connectivity index (χ3v) is 14.8. The van der Waals surface area contributed by atoms with Crippen LogP contribution in [0.25, 0.3) is 33.4 Å². The van der Waals surface area contributed by atoms with Crippen molar-refractivity contribution in [3.8, 4) is 22.5 Å². The highest BCUT2D eigenvalue weighted by Crippen LogP contribution is 2.42. The van der Waals surface area contributed by atoms with Crippen molar-refractivity contribution >= 4 is 40.3 Å². The minimum absolute atomic E-state index is 0.000897. The molecule has 1 aromatic carbocycles. The third kappa shape index (κ3) is 12.5. The lowest BCUT2D eigenvalue weighted by atomic mass is 9.81. The SMILES string of the molecule is CC(C)C=O.CCNCC1CCN(C(C(=O)NC(Cc2nc(-c3ccc4c(c3)c(CC(C)(C)CC)c(-c3cccnc3C(C)OC)n4CC)cs2)C(=O)N2CCCCN2)C2CCCC2)C1. The summed E-state index contributed by atoms with van der Waals surface area (Å²) in [6.45, 7) is 23.1. The van der Waals surface area contributed by atoms with Crippen molar-refractivity contribution in [2.24, 2.45) is 23.2 Å². The normalized spacial score (nSPS) is 18.7. The Kier molecular flexibility index (Phi) is 18.3. The van der Waals surface area contributed by atoms with Gasteiger partial charge in [0.2, 0.25) is 5.91 Å². The number of benzene rings is 1. The van der Waals surface area contributed by atoms with Crippen LogP contribution in [-0.2, 0) is 38.5 Å². The minimum Gasteiger partial charge on any atom is -0.375 e. The number of hydrogen-bond donors (Lipinski definition) is 3. The molecule has 3 aliphatic rings. The first-order valence-corrected chi connectivity index (χ1v) is 25.5. The zero-order valence-electron chi connectivity index (χ0n) is 40.9. The Hall–Kier alpha value is -4.01. The highest BCUT2D eigenvalue weighted by Gasteiger charge is 2.41. The number of carbonyl (C=O) groups is 3. The molecule has 1 aliphatic carbocycles. The molecule has 65 heavy (non-hydrogen) atoms. The number of hydrogen-bond acceptors (Lipinski definition) is 10. The minimum atomic E-state index is -0.708. The lowest BCUT2D eigenvalue weighted by Gasteiger charge is -2.35. The van der Waals surface area contributed by atoms with E-state index in [0.29, 0.717) is 24.8 Å². The van der Waals surface area contributed by atoms with Crippen LogP contribution in [-0.4, -0.2) is 101 Å². The zero-order valence-corrected chi connectivity index (χ0v) is 41.7. The van der Waals surface area contributed by atoms with Gasteiger partial charge in [-0.25, -0.2) is 10.4 Å². The van der Waals surface area contributed by atoms with E-state index in [1.807, 2.05) is 26.1 Å². The largest absolute Gasteiger partial charge is 0.375 e. The molecule has 0 bridgehead atoms. The molecule has 5 heterocycles.